The molecule has 2 nitrogen and oxygen atoms in total. The van der Waals surface area contributed by atoms with E-state index < -0.39 is 5.24 Å². The zero-order valence-corrected chi connectivity index (χ0v) is 14.5. The normalized spacial score (nSPS) is 10.9. The van der Waals surface area contributed by atoms with Crippen molar-refractivity contribution in [3.05, 3.63) is 63.6 Å². The molecule has 0 unspecified atom stereocenters. The molecule has 0 N–H and O–H groups in total. The summed E-state index contributed by atoms with van der Waals surface area (Å²) in [5, 5.41) is 0.276. The molecule has 0 radical (unpaired) electrons. The number of nitrogens with zero attached hydrogens (tertiary/aromatic N) is 1. The van der Waals surface area contributed by atoms with Crippen LogP contribution in [0.4, 0.5) is 0 Å². The number of carbonyl (C=O) groups is 1. The van der Waals surface area contributed by atoms with Crippen molar-refractivity contribution in [1.82, 2.24) is 4.98 Å². The number of hydrogen-bond acceptors (Lipinski definition) is 2. The van der Waals surface area contributed by atoms with Gasteiger partial charge in [-0.3, -0.25) is 4.79 Å². The molecule has 1 heterocycles. The Morgan fingerprint density at radius 3 is 2.50 bits per heavy atom. The zero-order chi connectivity index (χ0) is 15.9. The average molecular weight is 375 g/mol. The largest absolute Gasteiger partial charge is 0.276 e. The van der Waals surface area contributed by atoms with E-state index in [1.54, 1.807) is 6.07 Å². The van der Waals surface area contributed by atoms with Crippen molar-refractivity contribution in [3.8, 4) is 11.3 Å². The van der Waals surface area contributed by atoms with E-state index in [0.717, 1.165) is 26.6 Å². The molecule has 0 saturated carbocycles. The van der Waals surface area contributed by atoms with Gasteiger partial charge in [-0.2, -0.15) is 0 Å². The third-order valence-corrected chi connectivity index (χ3v) is 4.48. The van der Waals surface area contributed by atoms with Gasteiger partial charge in [-0.05, 0) is 66.9 Å². The number of aromatic nitrogens is 1. The second-order valence-electron chi connectivity index (χ2n) is 5.29. The molecule has 0 bridgehead atoms. The van der Waals surface area contributed by atoms with Crippen molar-refractivity contribution in [1.29, 1.82) is 0 Å². The Labute approximate surface area is 142 Å². The van der Waals surface area contributed by atoms with Crippen LogP contribution in [0.1, 0.15) is 21.5 Å². The SMILES string of the molecule is Cc1ccc(-c2cc(C(=O)Cl)c3cc(Br)ccc3n2)cc1C. The molecule has 0 aliphatic carbocycles. The van der Waals surface area contributed by atoms with Crippen LogP contribution in [0.25, 0.3) is 22.2 Å². The quantitative estimate of drug-likeness (QED) is 0.542. The molecule has 3 aromatic rings. The molecular formula is C18H13BrClNO. The zero-order valence-electron chi connectivity index (χ0n) is 12.2. The summed E-state index contributed by atoms with van der Waals surface area (Å²) >= 11 is 9.18. The van der Waals surface area contributed by atoms with Crippen LogP contribution in [0.2, 0.25) is 0 Å². The first-order chi connectivity index (χ1) is 10.5. The lowest BCUT2D eigenvalue weighted by molar-refractivity contribution is 0.108. The smallest absolute Gasteiger partial charge is 0.253 e. The summed E-state index contributed by atoms with van der Waals surface area (Å²) in [6, 6.07) is 13.6. The minimum atomic E-state index is -0.476. The highest BCUT2D eigenvalue weighted by molar-refractivity contribution is 9.10. The Morgan fingerprint density at radius 2 is 1.82 bits per heavy atom. The summed E-state index contributed by atoms with van der Waals surface area (Å²) in [5.41, 5.74) is 5.37. The van der Waals surface area contributed by atoms with Crippen molar-refractivity contribution < 1.29 is 4.79 Å². The van der Waals surface area contributed by atoms with Crippen molar-refractivity contribution in [2.45, 2.75) is 13.8 Å². The van der Waals surface area contributed by atoms with Crippen LogP contribution in [0.3, 0.4) is 0 Å². The number of halogens is 2. The van der Waals surface area contributed by atoms with Gasteiger partial charge in [-0.15, -0.1) is 0 Å². The summed E-state index contributed by atoms with van der Waals surface area (Å²) in [5.74, 6) is 0. The van der Waals surface area contributed by atoms with Crippen LogP contribution in [-0.4, -0.2) is 10.2 Å². The fraction of sp³-hybridized carbons (Fsp3) is 0.111. The summed E-state index contributed by atoms with van der Waals surface area (Å²) in [6.45, 7) is 4.13. The Hall–Kier alpha value is -1.71. The standard InChI is InChI=1S/C18H13BrClNO/c1-10-3-4-12(7-11(10)2)17-9-15(18(20)22)14-8-13(19)5-6-16(14)21-17/h3-9H,1-2H3. The van der Waals surface area contributed by atoms with Gasteiger partial charge in [-0.25, -0.2) is 4.98 Å². The van der Waals surface area contributed by atoms with E-state index in [0.29, 0.717) is 5.56 Å². The van der Waals surface area contributed by atoms with Crippen LogP contribution in [0.5, 0.6) is 0 Å². The Balaban J connectivity index is 2.29. The molecule has 110 valence electrons. The van der Waals surface area contributed by atoms with E-state index in [-0.39, 0.29) is 0 Å². The molecule has 0 fully saturated rings. The topological polar surface area (TPSA) is 30.0 Å². The Morgan fingerprint density at radius 1 is 1.05 bits per heavy atom. The lowest BCUT2D eigenvalue weighted by Gasteiger charge is -2.09. The van der Waals surface area contributed by atoms with E-state index in [1.165, 1.54) is 11.1 Å². The summed E-state index contributed by atoms with van der Waals surface area (Å²) in [6.07, 6.45) is 0. The highest BCUT2D eigenvalue weighted by Gasteiger charge is 2.13. The second kappa shape index (κ2) is 5.82. The molecule has 4 heteroatoms. The van der Waals surface area contributed by atoms with Gasteiger partial charge in [-0.1, -0.05) is 28.1 Å². The van der Waals surface area contributed by atoms with Crippen LogP contribution >= 0.6 is 27.5 Å². The molecule has 22 heavy (non-hydrogen) atoms. The van der Waals surface area contributed by atoms with Crippen molar-refractivity contribution in [3.63, 3.8) is 0 Å². The van der Waals surface area contributed by atoms with Crippen molar-refractivity contribution in [2.24, 2.45) is 0 Å². The average Bonchev–Trinajstić information content (AvgIpc) is 2.48. The molecule has 0 aliphatic heterocycles. The number of benzene rings is 2. The van der Waals surface area contributed by atoms with E-state index in [2.05, 4.69) is 46.9 Å². The number of rotatable bonds is 2. The van der Waals surface area contributed by atoms with E-state index >= 15 is 0 Å². The van der Waals surface area contributed by atoms with Gasteiger partial charge >= 0.3 is 0 Å². The molecule has 0 saturated heterocycles. The van der Waals surface area contributed by atoms with Crippen molar-refractivity contribution in [2.75, 3.05) is 0 Å². The monoisotopic (exact) mass is 373 g/mol. The maximum absolute atomic E-state index is 11.8. The summed E-state index contributed by atoms with van der Waals surface area (Å²) in [4.78, 5) is 16.5. The Kier molecular flexibility index (Phi) is 4.02. The first-order valence-corrected chi connectivity index (χ1v) is 8.00. The first-order valence-electron chi connectivity index (χ1n) is 6.83. The predicted molar refractivity (Wildman–Crippen MR) is 94.5 cm³/mol. The predicted octanol–water partition coefficient (Wildman–Crippen LogP) is 5.66. The van der Waals surface area contributed by atoms with Gasteiger partial charge in [0.25, 0.3) is 5.24 Å². The first kappa shape index (κ1) is 15.2. The number of fused-ring (bicyclic) bond motifs is 1. The third kappa shape index (κ3) is 2.79. The van der Waals surface area contributed by atoms with Gasteiger partial charge in [0.05, 0.1) is 11.2 Å². The lowest BCUT2D eigenvalue weighted by atomic mass is 10.0. The minimum Gasteiger partial charge on any atom is -0.276 e. The molecule has 0 aliphatic rings. The van der Waals surface area contributed by atoms with Gasteiger partial charge in [0, 0.05) is 21.0 Å². The third-order valence-electron chi connectivity index (χ3n) is 3.79. The fourth-order valence-electron chi connectivity index (χ4n) is 2.41. The van der Waals surface area contributed by atoms with Crippen LogP contribution < -0.4 is 0 Å². The van der Waals surface area contributed by atoms with E-state index in [4.69, 9.17) is 11.6 Å². The van der Waals surface area contributed by atoms with E-state index in [9.17, 15) is 4.79 Å². The van der Waals surface area contributed by atoms with Gasteiger partial charge in [0.2, 0.25) is 0 Å². The lowest BCUT2D eigenvalue weighted by Crippen LogP contribution is -1.96. The molecule has 1 aromatic heterocycles. The van der Waals surface area contributed by atoms with Crippen molar-refractivity contribution >= 4 is 43.7 Å². The Bertz CT molecular complexity index is 905. The molecule has 0 atom stereocenters. The van der Waals surface area contributed by atoms with E-state index in [1.807, 2.05) is 24.3 Å². The fourth-order valence-corrected chi connectivity index (χ4v) is 2.93. The second-order valence-corrected chi connectivity index (χ2v) is 6.55. The molecule has 0 spiro atoms. The summed E-state index contributed by atoms with van der Waals surface area (Å²) < 4.78 is 0.889. The highest BCUT2D eigenvalue weighted by atomic mass is 79.9. The minimum absolute atomic E-state index is 0.473. The molecular weight excluding hydrogens is 362 g/mol. The van der Waals surface area contributed by atoms with Gasteiger partial charge in [0.15, 0.2) is 0 Å². The highest BCUT2D eigenvalue weighted by Crippen LogP contribution is 2.29. The number of hydrogen-bond donors (Lipinski definition) is 0. The molecule has 0 amide bonds. The number of aryl methyl sites for hydroxylation is 2. The van der Waals surface area contributed by atoms with Crippen LogP contribution in [0.15, 0.2) is 46.9 Å². The van der Waals surface area contributed by atoms with Crippen LogP contribution in [0, 0.1) is 13.8 Å². The maximum atomic E-state index is 11.8. The van der Waals surface area contributed by atoms with Crippen LogP contribution in [-0.2, 0) is 0 Å². The maximum Gasteiger partial charge on any atom is 0.253 e. The van der Waals surface area contributed by atoms with Gasteiger partial charge in [0.1, 0.15) is 0 Å². The molecule has 2 aromatic carbocycles. The summed E-state index contributed by atoms with van der Waals surface area (Å²) in [7, 11) is 0. The van der Waals surface area contributed by atoms with Gasteiger partial charge < -0.3 is 0 Å². The molecule has 3 rings (SSSR count). The number of carbonyl (C=O) groups excluding carboxylic acids is 1. The number of pyridine rings is 1.